The normalized spacial score (nSPS) is 9.40. The summed E-state index contributed by atoms with van der Waals surface area (Å²) in [5.74, 6) is 0.323. The van der Waals surface area contributed by atoms with E-state index in [0.717, 1.165) is 6.29 Å². The Morgan fingerprint density at radius 2 is 2.00 bits per heavy atom. The minimum atomic E-state index is -0.306. The molecule has 4 heteroatoms. The van der Waals surface area contributed by atoms with Gasteiger partial charge in [-0.3, -0.25) is 9.59 Å². The van der Waals surface area contributed by atoms with E-state index in [1.807, 2.05) is 0 Å². The smallest absolute Gasteiger partial charge is 0.308 e. The van der Waals surface area contributed by atoms with Crippen LogP contribution in [0.15, 0.2) is 24.3 Å². The number of aldehydes is 1. The van der Waals surface area contributed by atoms with E-state index in [1.165, 1.54) is 7.11 Å². The van der Waals surface area contributed by atoms with Crippen molar-refractivity contribution < 1.29 is 19.1 Å². The van der Waals surface area contributed by atoms with Gasteiger partial charge < -0.3 is 9.47 Å². The zero-order valence-electron chi connectivity index (χ0n) is 8.43. The molecule has 0 aromatic heterocycles. The van der Waals surface area contributed by atoms with Crippen LogP contribution in [-0.2, 0) is 9.53 Å². The number of hydrogen-bond donors (Lipinski definition) is 0. The number of benzene rings is 1. The van der Waals surface area contributed by atoms with Crippen molar-refractivity contribution in [1.82, 2.24) is 0 Å². The molecule has 1 aromatic rings. The Balaban J connectivity index is 2.37. The van der Waals surface area contributed by atoms with Gasteiger partial charge in [0, 0.05) is 5.56 Å². The average molecular weight is 208 g/mol. The van der Waals surface area contributed by atoms with Crippen LogP contribution in [0.1, 0.15) is 16.8 Å². The van der Waals surface area contributed by atoms with Crippen molar-refractivity contribution in [2.45, 2.75) is 6.42 Å². The third-order valence-electron chi connectivity index (χ3n) is 1.82. The second-order valence-electron chi connectivity index (χ2n) is 2.86. The molecule has 0 unspecified atom stereocenters. The minimum absolute atomic E-state index is 0.214. The first-order valence-electron chi connectivity index (χ1n) is 4.51. The Kier molecular flexibility index (Phi) is 4.34. The van der Waals surface area contributed by atoms with Crippen molar-refractivity contribution in [3.05, 3.63) is 29.8 Å². The molecule has 0 amide bonds. The van der Waals surface area contributed by atoms with E-state index in [1.54, 1.807) is 24.3 Å². The average Bonchev–Trinajstić information content (AvgIpc) is 2.29. The topological polar surface area (TPSA) is 52.6 Å². The molecule has 0 saturated heterocycles. The molecule has 80 valence electrons. The summed E-state index contributed by atoms with van der Waals surface area (Å²) in [6.07, 6.45) is 0.976. The van der Waals surface area contributed by atoms with Crippen molar-refractivity contribution in [3.63, 3.8) is 0 Å². The minimum Gasteiger partial charge on any atom is -0.493 e. The monoisotopic (exact) mass is 208 g/mol. The van der Waals surface area contributed by atoms with Crippen LogP contribution in [0.5, 0.6) is 5.75 Å². The van der Waals surface area contributed by atoms with Crippen molar-refractivity contribution in [3.8, 4) is 5.75 Å². The van der Waals surface area contributed by atoms with Gasteiger partial charge in [0.05, 0.1) is 20.1 Å². The van der Waals surface area contributed by atoms with Crippen LogP contribution in [-0.4, -0.2) is 26.0 Å². The van der Waals surface area contributed by atoms with E-state index in [4.69, 9.17) is 4.74 Å². The largest absolute Gasteiger partial charge is 0.493 e. The summed E-state index contributed by atoms with van der Waals surface area (Å²) in [4.78, 5) is 21.1. The van der Waals surface area contributed by atoms with Gasteiger partial charge in [-0.15, -0.1) is 0 Å². The van der Waals surface area contributed by atoms with Gasteiger partial charge in [-0.25, -0.2) is 0 Å². The van der Waals surface area contributed by atoms with Crippen LogP contribution >= 0.6 is 0 Å². The summed E-state index contributed by atoms with van der Waals surface area (Å²) in [6.45, 7) is 0.271. The first-order valence-corrected chi connectivity index (χ1v) is 4.51. The van der Waals surface area contributed by atoms with Gasteiger partial charge in [0.1, 0.15) is 12.0 Å². The van der Waals surface area contributed by atoms with Crippen LogP contribution in [0, 0.1) is 0 Å². The SMILES string of the molecule is COC(=O)CCOc1ccc(C=O)cc1. The Morgan fingerprint density at radius 1 is 1.33 bits per heavy atom. The number of carbonyl (C=O) groups is 2. The lowest BCUT2D eigenvalue weighted by atomic mass is 10.2. The molecule has 0 atom stereocenters. The third-order valence-corrected chi connectivity index (χ3v) is 1.82. The van der Waals surface area contributed by atoms with Gasteiger partial charge >= 0.3 is 5.97 Å². The third kappa shape index (κ3) is 3.81. The maximum atomic E-state index is 10.8. The molecular formula is C11H12O4. The van der Waals surface area contributed by atoms with E-state index in [2.05, 4.69) is 4.74 Å². The van der Waals surface area contributed by atoms with Crippen LogP contribution in [0.2, 0.25) is 0 Å². The lowest BCUT2D eigenvalue weighted by Crippen LogP contribution is -2.07. The highest BCUT2D eigenvalue weighted by atomic mass is 16.5. The van der Waals surface area contributed by atoms with E-state index >= 15 is 0 Å². The van der Waals surface area contributed by atoms with Gasteiger partial charge in [-0.05, 0) is 24.3 Å². The summed E-state index contributed by atoms with van der Waals surface area (Å²) >= 11 is 0. The van der Waals surface area contributed by atoms with Crippen LogP contribution < -0.4 is 4.74 Å². The standard InChI is InChI=1S/C11H12O4/c1-14-11(13)6-7-15-10-4-2-9(8-12)3-5-10/h2-5,8H,6-7H2,1H3. The first-order chi connectivity index (χ1) is 7.26. The lowest BCUT2D eigenvalue weighted by molar-refractivity contribution is -0.141. The van der Waals surface area contributed by atoms with Crippen molar-refractivity contribution >= 4 is 12.3 Å². The molecule has 0 bridgehead atoms. The molecule has 1 aromatic carbocycles. The van der Waals surface area contributed by atoms with Gasteiger partial charge in [0.25, 0.3) is 0 Å². The highest BCUT2D eigenvalue weighted by Crippen LogP contribution is 2.11. The number of hydrogen-bond acceptors (Lipinski definition) is 4. The summed E-state index contributed by atoms with van der Waals surface area (Å²) < 4.78 is 9.72. The molecule has 0 heterocycles. The van der Waals surface area contributed by atoms with E-state index < -0.39 is 0 Å². The molecule has 0 radical (unpaired) electrons. The van der Waals surface area contributed by atoms with Crippen LogP contribution in [0.3, 0.4) is 0 Å². The number of carbonyl (C=O) groups excluding carboxylic acids is 2. The van der Waals surface area contributed by atoms with E-state index in [-0.39, 0.29) is 19.0 Å². The maximum absolute atomic E-state index is 10.8. The fourth-order valence-electron chi connectivity index (χ4n) is 0.997. The maximum Gasteiger partial charge on any atom is 0.308 e. The van der Waals surface area contributed by atoms with Crippen molar-refractivity contribution in [2.75, 3.05) is 13.7 Å². The predicted molar refractivity (Wildman–Crippen MR) is 54.0 cm³/mol. The summed E-state index contributed by atoms with van der Waals surface area (Å²) in [6, 6.07) is 6.67. The van der Waals surface area contributed by atoms with Crippen LogP contribution in [0.4, 0.5) is 0 Å². The fraction of sp³-hybridized carbons (Fsp3) is 0.273. The Labute approximate surface area is 87.8 Å². The number of rotatable bonds is 5. The van der Waals surface area contributed by atoms with Gasteiger partial charge in [0.2, 0.25) is 0 Å². The van der Waals surface area contributed by atoms with Gasteiger partial charge in [-0.2, -0.15) is 0 Å². The molecule has 0 fully saturated rings. The second-order valence-corrected chi connectivity index (χ2v) is 2.86. The van der Waals surface area contributed by atoms with Crippen molar-refractivity contribution in [2.24, 2.45) is 0 Å². The molecule has 0 saturated carbocycles. The molecule has 0 aliphatic heterocycles. The van der Waals surface area contributed by atoms with E-state index in [0.29, 0.717) is 11.3 Å². The molecule has 0 N–H and O–H groups in total. The predicted octanol–water partition coefficient (Wildman–Crippen LogP) is 1.44. The second kappa shape index (κ2) is 5.80. The Bertz CT molecular complexity index is 329. The molecule has 0 aliphatic rings. The molecule has 1 rings (SSSR count). The lowest BCUT2D eigenvalue weighted by Gasteiger charge is -2.04. The highest BCUT2D eigenvalue weighted by molar-refractivity contribution is 5.74. The molecule has 0 spiro atoms. The Morgan fingerprint density at radius 3 is 2.53 bits per heavy atom. The van der Waals surface area contributed by atoms with Crippen molar-refractivity contribution in [1.29, 1.82) is 0 Å². The van der Waals surface area contributed by atoms with Gasteiger partial charge in [-0.1, -0.05) is 0 Å². The number of ether oxygens (including phenoxy) is 2. The Hall–Kier alpha value is -1.84. The number of esters is 1. The molecule has 0 aliphatic carbocycles. The molecular weight excluding hydrogens is 196 g/mol. The summed E-state index contributed by atoms with van der Waals surface area (Å²) in [5.41, 5.74) is 0.593. The highest BCUT2D eigenvalue weighted by Gasteiger charge is 2.00. The molecule has 15 heavy (non-hydrogen) atoms. The fourth-order valence-corrected chi connectivity index (χ4v) is 0.997. The van der Waals surface area contributed by atoms with E-state index in [9.17, 15) is 9.59 Å². The van der Waals surface area contributed by atoms with Crippen LogP contribution in [0.25, 0.3) is 0 Å². The zero-order chi connectivity index (χ0) is 11.1. The van der Waals surface area contributed by atoms with Gasteiger partial charge in [0.15, 0.2) is 0 Å². The molecule has 4 nitrogen and oxygen atoms in total. The summed E-state index contributed by atoms with van der Waals surface area (Å²) in [7, 11) is 1.33. The zero-order valence-corrected chi connectivity index (χ0v) is 8.43. The quantitative estimate of drug-likeness (QED) is 0.542. The summed E-state index contributed by atoms with van der Waals surface area (Å²) in [5, 5.41) is 0. The first kappa shape index (κ1) is 11.2. The number of methoxy groups -OCH3 is 1.